The molecule has 3 amide bonds. The van der Waals surface area contributed by atoms with Gasteiger partial charge in [0.05, 0.1) is 18.2 Å². The monoisotopic (exact) mass is 396 g/mol. The number of hydrogen-bond acceptors (Lipinski definition) is 5. The third-order valence-corrected chi connectivity index (χ3v) is 4.86. The van der Waals surface area contributed by atoms with Gasteiger partial charge in [0.2, 0.25) is 5.91 Å². The van der Waals surface area contributed by atoms with Gasteiger partial charge in [-0.3, -0.25) is 9.69 Å². The summed E-state index contributed by atoms with van der Waals surface area (Å²) < 4.78 is 29.5. The van der Waals surface area contributed by atoms with Crippen LogP contribution in [0.15, 0.2) is 29.6 Å². The quantitative estimate of drug-likeness (QED) is 0.754. The number of urea groups is 1. The molecule has 0 bridgehead atoms. The summed E-state index contributed by atoms with van der Waals surface area (Å²) in [4.78, 5) is 29.8. The Morgan fingerprint density at radius 3 is 2.93 bits per heavy atom. The number of ether oxygens (including phenoxy) is 1. The van der Waals surface area contributed by atoms with Crippen molar-refractivity contribution < 1.29 is 23.1 Å². The Hall–Kier alpha value is -2.75. The number of nitrogens with one attached hydrogen (secondary N) is 2. The smallest absolute Gasteiger partial charge is 0.387 e. The SMILES string of the molecule is C[C@H](NC(=O)Cc1csc(N2CCNC2=O)n1)c1ccccc1OC(F)F. The zero-order valence-corrected chi connectivity index (χ0v) is 15.3. The number of para-hydroxylation sites is 1. The average molecular weight is 396 g/mol. The summed E-state index contributed by atoms with van der Waals surface area (Å²) in [7, 11) is 0. The molecule has 0 spiro atoms. The predicted octanol–water partition coefficient (Wildman–Crippen LogP) is 2.69. The van der Waals surface area contributed by atoms with Crippen LogP contribution in [0.2, 0.25) is 0 Å². The summed E-state index contributed by atoms with van der Waals surface area (Å²) in [5, 5.41) is 7.70. The molecule has 2 aromatic rings. The molecule has 0 radical (unpaired) electrons. The van der Waals surface area contributed by atoms with Crippen LogP contribution in [-0.4, -0.2) is 36.6 Å². The third kappa shape index (κ3) is 4.70. The van der Waals surface area contributed by atoms with Crippen molar-refractivity contribution in [1.29, 1.82) is 0 Å². The number of benzene rings is 1. The number of halogens is 2. The van der Waals surface area contributed by atoms with Crippen molar-refractivity contribution in [3.8, 4) is 5.75 Å². The minimum atomic E-state index is -2.94. The molecule has 1 atom stereocenters. The van der Waals surface area contributed by atoms with Crippen LogP contribution in [0.25, 0.3) is 0 Å². The highest BCUT2D eigenvalue weighted by Crippen LogP contribution is 2.27. The number of thiazole rings is 1. The second-order valence-corrected chi connectivity index (χ2v) is 6.72. The first-order valence-corrected chi connectivity index (χ1v) is 9.15. The van der Waals surface area contributed by atoms with Crippen LogP contribution < -0.4 is 20.3 Å². The molecule has 3 rings (SSSR count). The van der Waals surface area contributed by atoms with Gasteiger partial charge >= 0.3 is 12.6 Å². The number of alkyl halides is 2. The Kier molecular flexibility index (Phi) is 5.84. The maximum Gasteiger partial charge on any atom is 0.387 e. The van der Waals surface area contributed by atoms with E-state index in [-0.39, 0.29) is 24.1 Å². The lowest BCUT2D eigenvalue weighted by atomic mass is 10.1. The summed E-state index contributed by atoms with van der Waals surface area (Å²) in [5.41, 5.74) is 0.996. The summed E-state index contributed by atoms with van der Waals surface area (Å²) in [6.45, 7) is -0.153. The molecular formula is C17H18F2N4O3S. The molecule has 10 heteroatoms. The summed E-state index contributed by atoms with van der Waals surface area (Å²) in [6, 6.07) is 5.60. The molecule has 1 fully saturated rings. The largest absolute Gasteiger partial charge is 0.434 e. The first kappa shape index (κ1) is 19.0. The molecule has 27 heavy (non-hydrogen) atoms. The first-order valence-electron chi connectivity index (χ1n) is 8.27. The van der Waals surface area contributed by atoms with E-state index in [0.29, 0.717) is 29.5 Å². The fourth-order valence-corrected chi connectivity index (χ4v) is 3.58. The van der Waals surface area contributed by atoms with Crippen molar-refractivity contribution in [1.82, 2.24) is 15.6 Å². The van der Waals surface area contributed by atoms with Crippen molar-refractivity contribution in [2.75, 3.05) is 18.0 Å². The van der Waals surface area contributed by atoms with Gasteiger partial charge in [-0.05, 0) is 13.0 Å². The van der Waals surface area contributed by atoms with Gasteiger partial charge in [0.15, 0.2) is 5.13 Å². The van der Waals surface area contributed by atoms with Crippen LogP contribution in [-0.2, 0) is 11.2 Å². The molecular weight excluding hydrogens is 378 g/mol. The molecule has 1 aliphatic heterocycles. The highest BCUT2D eigenvalue weighted by Gasteiger charge is 2.24. The summed E-state index contributed by atoms with van der Waals surface area (Å²) >= 11 is 1.29. The van der Waals surface area contributed by atoms with Crippen molar-refractivity contribution in [2.24, 2.45) is 0 Å². The van der Waals surface area contributed by atoms with Crippen LogP contribution in [0.3, 0.4) is 0 Å². The Balaban J connectivity index is 1.61. The number of nitrogens with zero attached hydrogens (tertiary/aromatic N) is 2. The fourth-order valence-electron chi connectivity index (χ4n) is 2.73. The maximum atomic E-state index is 12.5. The minimum Gasteiger partial charge on any atom is -0.434 e. The third-order valence-electron chi connectivity index (χ3n) is 3.95. The van der Waals surface area contributed by atoms with E-state index < -0.39 is 12.7 Å². The number of aromatic nitrogens is 1. The number of carbonyl (C=O) groups is 2. The number of carbonyl (C=O) groups excluding carboxylic acids is 2. The number of rotatable bonds is 7. The van der Waals surface area contributed by atoms with Crippen LogP contribution in [0, 0.1) is 0 Å². The van der Waals surface area contributed by atoms with Crippen molar-refractivity contribution >= 4 is 28.4 Å². The number of hydrogen-bond donors (Lipinski definition) is 2. The lowest BCUT2D eigenvalue weighted by Crippen LogP contribution is -2.29. The number of anilines is 1. The van der Waals surface area contributed by atoms with Gasteiger partial charge in [-0.2, -0.15) is 8.78 Å². The Bertz CT molecular complexity index is 830. The standard InChI is InChI=1S/C17H18F2N4O3S/c1-10(12-4-2-3-5-13(12)26-15(18)19)21-14(24)8-11-9-27-17(22-11)23-7-6-20-16(23)25/h2-5,9-10,15H,6-8H2,1H3,(H,20,25)(H,21,24)/t10-/m0/s1. The topological polar surface area (TPSA) is 83.6 Å². The van der Waals surface area contributed by atoms with Gasteiger partial charge in [-0.1, -0.05) is 18.2 Å². The molecule has 1 saturated heterocycles. The van der Waals surface area contributed by atoms with E-state index in [1.165, 1.54) is 22.3 Å². The van der Waals surface area contributed by atoms with Crippen molar-refractivity contribution in [3.05, 3.63) is 40.9 Å². The van der Waals surface area contributed by atoms with E-state index in [1.54, 1.807) is 30.5 Å². The normalized spacial score (nSPS) is 15.0. The average Bonchev–Trinajstić information content (AvgIpc) is 3.23. The van der Waals surface area contributed by atoms with Crippen molar-refractivity contribution in [3.63, 3.8) is 0 Å². The van der Waals surface area contributed by atoms with Crippen molar-refractivity contribution in [2.45, 2.75) is 26.0 Å². The second kappa shape index (κ2) is 8.30. The predicted molar refractivity (Wildman–Crippen MR) is 96.2 cm³/mol. The van der Waals surface area contributed by atoms with Crippen LogP contribution in [0.4, 0.5) is 18.7 Å². The molecule has 0 aliphatic carbocycles. The van der Waals surface area contributed by atoms with Gasteiger partial charge in [-0.25, -0.2) is 9.78 Å². The van der Waals surface area contributed by atoms with Gasteiger partial charge in [0.25, 0.3) is 0 Å². The lowest BCUT2D eigenvalue weighted by molar-refractivity contribution is -0.121. The van der Waals surface area contributed by atoms with Gasteiger partial charge in [0, 0.05) is 24.0 Å². The van der Waals surface area contributed by atoms with Crippen LogP contribution >= 0.6 is 11.3 Å². The number of amides is 3. The van der Waals surface area contributed by atoms with E-state index in [9.17, 15) is 18.4 Å². The first-order chi connectivity index (χ1) is 12.9. The maximum absolute atomic E-state index is 12.5. The molecule has 7 nitrogen and oxygen atoms in total. The van der Waals surface area contributed by atoms with E-state index >= 15 is 0 Å². The fraction of sp³-hybridized carbons (Fsp3) is 0.353. The minimum absolute atomic E-state index is 0.0220. The molecule has 0 unspecified atom stereocenters. The molecule has 1 aromatic heterocycles. The Morgan fingerprint density at radius 2 is 2.22 bits per heavy atom. The summed E-state index contributed by atoms with van der Waals surface area (Å²) in [6.07, 6.45) is 0.0220. The molecule has 2 heterocycles. The van der Waals surface area contributed by atoms with E-state index in [4.69, 9.17) is 0 Å². The van der Waals surface area contributed by atoms with Gasteiger partial charge < -0.3 is 15.4 Å². The zero-order valence-electron chi connectivity index (χ0n) is 14.4. The molecule has 0 saturated carbocycles. The van der Waals surface area contributed by atoms with E-state index in [2.05, 4.69) is 20.4 Å². The molecule has 144 valence electrons. The second-order valence-electron chi connectivity index (χ2n) is 5.89. The molecule has 1 aromatic carbocycles. The van der Waals surface area contributed by atoms with Gasteiger partial charge in [0.1, 0.15) is 5.75 Å². The highest BCUT2D eigenvalue weighted by molar-refractivity contribution is 7.14. The Labute approximate surface area is 158 Å². The zero-order chi connectivity index (χ0) is 19.4. The van der Waals surface area contributed by atoms with Crippen LogP contribution in [0.5, 0.6) is 5.75 Å². The highest BCUT2D eigenvalue weighted by atomic mass is 32.1. The molecule has 1 aliphatic rings. The van der Waals surface area contributed by atoms with E-state index in [1.807, 2.05) is 0 Å². The molecule has 2 N–H and O–H groups in total. The Morgan fingerprint density at radius 1 is 1.44 bits per heavy atom. The van der Waals surface area contributed by atoms with E-state index in [0.717, 1.165) is 0 Å². The van der Waals surface area contributed by atoms with Crippen LogP contribution in [0.1, 0.15) is 24.2 Å². The lowest BCUT2D eigenvalue weighted by Gasteiger charge is -2.17. The summed E-state index contributed by atoms with van der Waals surface area (Å²) in [5.74, 6) is -0.284. The van der Waals surface area contributed by atoms with Gasteiger partial charge in [-0.15, -0.1) is 11.3 Å².